The molecule has 0 saturated heterocycles. The fourth-order valence-electron chi connectivity index (χ4n) is 3.14. The average molecular weight is 496 g/mol. The molecule has 0 fully saturated rings. The van der Waals surface area contributed by atoms with Crippen molar-refractivity contribution >= 4 is 56.7 Å². The molecule has 0 aliphatic carbocycles. The van der Waals surface area contributed by atoms with Gasteiger partial charge in [-0.15, -0.1) is 10.2 Å². The van der Waals surface area contributed by atoms with Crippen molar-refractivity contribution in [1.82, 2.24) is 10.2 Å². The van der Waals surface area contributed by atoms with E-state index in [0.29, 0.717) is 11.1 Å². The smallest absolute Gasteiger partial charge is 0.277 e. The summed E-state index contributed by atoms with van der Waals surface area (Å²) in [4.78, 5) is 17.1. The van der Waals surface area contributed by atoms with E-state index in [1.54, 1.807) is 16.7 Å². The Balaban J connectivity index is 1.36. The number of carbonyl (C=O) groups excluding carboxylic acids is 1. The van der Waals surface area contributed by atoms with Crippen molar-refractivity contribution in [3.05, 3.63) is 77.3 Å². The number of aromatic nitrogens is 2. The number of benzene rings is 3. The van der Waals surface area contributed by atoms with Crippen LogP contribution in [0.4, 0.5) is 11.4 Å². The number of rotatable bonds is 4. The van der Waals surface area contributed by atoms with Crippen LogP contribution in [0.3, 0.4) is 0 Å². The predicted octanol–water partition coefficient (Wildman–Crippen LogP) is 6.42. The van der Waals surface area contributed by atoms with Gasteiger partial charge in [-0.25, -0.2) is 0 Å². The van der Waals surface area contributed by atoms with E-state index in [4.69, 9.17) is 4.42 Å². The number of thioether (sulfide) groups is 1. The molecule has 1 aliphatic rings. The van der Waals surface area contributed by atoms with Gasteiger partial charge in [-0.1, -0.05) is 63.7 Å². The second kappa shape index (κ2) is 8.29. The molecule has 5 rings (SSSR count). The third-order valence-electron chi connectivity index (χ3n) is 4.50. The Morgan fingerprint density at radius 1 is 0.933 bits per heavy atom. The van der Waals surface area contributed by atoms with Gasteiger partial charge in [-0.2, -0.15) is 0 Å². The van der Waals surface area contributed by atoms with Crippen LogP contribution < -0.4 is 4.90 Å². The number of anilines is 2. The quantitative estimate of drug-likeness (QED) is 0.304. The van der Waals surface area contributed by atoms with Crippen molar-refractivity contribution in [3.8, 4) is 11.5 Å². The third-order valence-corrected chi connectivity index (χ3v) is 6.96. The Morgan fingerprint density at radius 2 is 1.57 bits per heavy atom. The zero-order valence-corrected chi connectivity index (χ0v) is 18.7. The fraction of sp³-hybridized carbons (Fsp3) is 0.0455. The van der Waals surface area contributed by atoms with Crippen LogP contribution >= 0.6 is 39.5 Å². The van der Waals surface area contributed by atoms with Crippen LogP contribution in [0.1, 0.15) is 0 Å². The summed E-state index contributed by atoms with van der Waals surface area (Å²) in [7, 11) is 0. The maximum atomic E-state index is 13.2. The van der Waals surface area contributed by atoms with E-state index < -0.39 is 0 Å². The summed E-state index contributed by atoms with van der Waals surface area (Å²) in [6, 6.07) is 23.5. The number of hydrogen-bond donors (Lipinski definition) is 0. The zero-order valence-electron chi connectivity index (χ0n) is 15.5. The van der Waals surface area contributed by atoms with E-state index in [-0.39, 0.29) is 11.7 Å². The molecule has 0 N–H and O–H groups in total. The standard InChI is InChI=1S/C22H14BrN3O2S2/c23-15-11-9-14(10-12-15)21-24-25-22(28-21)29-13-20(27)26-16-5-1-3-7-18(16)30-19-8-4-2-6-17(19)26/h1-12H,13H2. The summed E-state index contributed by atoms with van der Waals surface area (Å²) in [6.07, 6.45) is 0. The first-order valence-electron chi connectivity index (χ1n) is 9.10. The van der Waals surface area contributed by atoms with E-state index in [1.165, 1.54) is 11.8 Å². The lowest BCUT2D eigenvalue weighted by Gasteiger charge is -2.30. The van der Waals surface area contributed by atoms with Crippen LogP contribution in [0.25, 0.3) is 11.5 Å². The molecule has 0 spiro atoms. The van der Waals surface area contributed by atoms with Gasteiger partial charge in [0.05, 0.1) is 17.1 Å². The molecule has 148 valence electrons. The minimum absolute atomic E-state index is 0.0383. The van der Waals surface area contributed by atoms with Crippen molar-refractivity contribution in [3.63, 3.8) is 0 Å². The monoisotopic (exact) mass is 495 g/mol. The van der Waals surface area contributed by atoms with Gasteiger partial charge in [0.25, 0.3) is 5.22 Å². The molecule has 0 unspecified atom stereocenters. The third kappa shape index (κ3) is 3.78. The minimum Gasteiger partial charge on any atom is -0.411 e. The first-order valence-corrected chi connectivity index (χ1v) is 11.7. The Hall–Kier alpha value is -2.55. The number of fused-ring (bicyclic) bond motifs is 2. The Bertz CT molecular complexity index is 1180. The van der Waals surface area contributed by atoms with Gasteiger partial charge in [0, 0.05) is 19.8 Å². The highest BCUT2D eigenvalue weighted by Crippen LogP contribution is 2.48. The highest BCUT2D eigenvalue weighted by molar-refractivity contribution is 9.10. The number of nitrogens with zero attached hydrogens (tertiary/aromatic N) is 3. The second-order valence-electron chi connectivity index (χ2n) is 6.44. The number of para-hydroxylation sites is 2. The summed E-state index contributed by atoms with van der Waals surface area (Å²) in [5, 5.41) is 8.55. The van der Waals surface area contributed by atoms with Crippen LogP contribution in [0.15, 0.2) is 96.7 Å². The lowest BCUT2D eigenvalue weighted by atomic mass is 10.2. The summed E-state index contributed by atoms with van der Waals surface area (Å²) < 4.78 is 6.71. The lowest BCUT2D eigenvalue weighted by Crippen LogP contribution is -2.29. The van der Waals surface area contributed by atoms with E-state index in [0.717, 1.165) is 31.2 Å². The fourth-order valence-corrected chi connectivity index (χ4v) is 5.07. The van der Waals surface area contributed by atoms with Gasteiger partial charge in [0.1, 0.15) is 0 Å². The van der Waals surface area contributed by atoms with E-state index in [1.807, 2.05) is 72.8 Å². The summed E-state index contributed by atoms with van der Waals surface area (Å²) in [5.74, 6) is 0.584. The maximum absolute atomic E-state index is 13.2. The zero-order chi connectivity index (χ0) is 20.5. The predicted molar refractivity (Wildman–Crippen MR) is 122 cm³/mol. The molecular weight excluding hydrogens is 482 g/mol. The molecule has 4 aromatic rings. The van der Waals surface area contributed by atoms with E-state index >= 15 is 0 Å². The molecule has 1 amide bonds. The summed E-state index contributed by atoms with van der Waals surface area (Å²) >= 11 is 6.33. The van der Waals surface area contributed by atoms with Gasteiger partial charge >= 0.3 is 0 Å². The second-order valence-corrected chi connectivity index (χ2v) is 9.36. The van der Waals surface area contributed by atoms with Crippen LogP contribution in [0, 0.1) is 0 Å². The van der Waals surface area contributed by atoms with E-state index in [2.05, 4.69) is 26.1 Å². The normalized spacial score (nSPS) is 12.4. The van der Waals surface area contributed by atoms with Crippen molar-refractivity contribution in [1.29, 1.82) is 0 Å². The molecule has 0 atom stereocenters. The maximum Gasteiger partial charge on any atom is 0.277 e. The first kappa shape index (κ1) is 19.4. The number of hydrogen-bond acceptors (Lipinski definition) is 6. The Morgan fingerprint density at radius 3 is 2.23 bits per heavy atom. The number of amides is 1. The first-order chi connectivity index (χ1) is 14.7. The number of halogens is 1. The molecular formula is C22H14BrN3O2S2. The van der Waals surface area contributed by atoms with Gasteiger partial charge < -0.3 is 4.42 Å². The topological polar surface area (TPSA) is 59.2 Å². The molecule has 8 heteroatoms. The van der Waals surface area contributed by atoms with Gasteiger partial charge in [0.15, 0.2) is 0 Å². The van der Waals surface area contributed by atoms with Crippen LogP contribution in [0.2, 0.25) is 0 Å². The number of carbonyl (C=O) groups is 1. The van der Waals surface area contributed by atoms with Crippen molar-refractivity contribution in [2.24, 2.45) is 0 Å². The largest absolute Gasteiger partial charge is 0.411 e. The van der Waals surface area contributed by atoms with E-state index in [9.17, 15) is 4.79 Å². The SMILES string of the molecule is O=C(CSc1nnc(-c2ccc(Br)cc2)o1)N1c2ccccc2Sc2ccccc21. The van der Waals surface area contributed by atoms with Crippen molar-refractivity contribution in [2.75, 3.05) is 10.7 Å². The van der Waals surface area contributed by atoms with Crippen molar-refractivity contribution in [2.45, 2.75) is 15.0 Å². The molecule has 1 aliphatic heterocycles. The van der Waals surface area contributed by atoms with Crippen LogP contribution in [-0.4, -0.2) is 21.9 Å². The molecule has 5 nitrogen and oxygen atoms in total. The summed E-state index contributed by atoms with van der Waals surface area (Å²) in [6.45, 7) is 0. The minimum atomic E-state index is -0.0383. The molecule has 0 saturated carbocycles. The highest BCUT2D eigenvalue weighted by atomic mass is 79.9. The molecule has 3 aromatic carbocycles. The van der Waals surface area contributed by atoms with Crippen molar-refractivity contribution < 1.29 is 9.21 Å². The lowest BCUT2D eigenvalue weighted by molar-refractivity contribution is -0.115. The van der Waals surface area contributed by atoms with Crippen LogP contribution in [-0.2, 0) is 4.79 Å². The molecule has 0 bridgehead atoms. The summed E-state index contributed by atoms with van der Waals surface area (Å²) in [5.41, 5.74) is 2.63. The molecule has 30 heavy (non-hydrogen) atoms. The Labute approximate surface area is 190 Å². The molecule has 0 radical (unpaired) electrons. The van der Waals surface area contributed by atoms with Gasteiger partial charge in [-0.3, -0.25) is 9.69 Å². The Kier molecular flexibility index (Phi) is 5.37. The van der Waals surface area contributed by atoms with Gasteiger partial charge in [0.2, 0.25) is 11.8 Å². The molecule has 1 aromatic heterocycles. The van der Waals surface area contributed by atoms with Gasteiger partial charge in [-0.05, 0) is 48.5 Å². The average Bonchev–Trinajstić information content (AvgIpc) is 3.25. The highest BCUT2D eigenvalue weighted by Gasteiger charge is 2.28. The molecule has 2 heterocycles. The van der Waals surface area contributed by atoms with Crippen LogP contribution in [0.5, 0.6) is 0 Å².